The van der Waals surface area contributed by atoms with E-state index >= 15 is 0 Å². The highest BCUT2D eigenvalue weighted by molar-refractivity contribution is 7.80. The van der Waals surface area contributed by atoms with E-state index in [4.69, 9.17) is 17.0 Å². The van der Waals surface area contributed by atoms with Crippen molar-refractivity contribution in [2.75, 3.05) is 29.9 Å². The highest BCUT2D eigenvalue weighted by atomic mass is 32.1. The summed E-state index contributed by atoms with van der Waals surface area (Å²) in [4.78, 5) is 14.9. The van der Waals surface area contributed by atoms with Gasteiger partial charge in [0.25, 0.3) is 5.91 Å². The van der Waals surface area contributed by atoms with E-state index in [1.807, 2.05) is 24.3 Å². The van der Waals surface area contributed by atoms with E-state index in [2.05, 4.69) is 41.5 Å². The van der Waals surface area contributed by atoms with Gasteiger partial charge in [-0.25, -0.2) is 0 Å². The third-order valence-corrected chi connectivity index (χ3v) is 5.57. The lowest BCUT2D eigenvalue weighted by Crippen LogP contribution is -2.34. The SMILES string of the molecule is CCCCOc1cccc(C(=O)NC(=S)Nc2ccc(N3CCC(C)CC3)cc2)c1. The number of anilines is 2. The smallest absolute Gasteiger partial charge is 0.257 e. The second-order valence-electron chi connectivity index (χ2n) is 7.85. The van der Waals surface area contributed by atoms with Crippen LogP contribution in [0.1, 0.15) is 49.9 Å². The summed E-state index contributed by atoms with van der Waals surface area (Å²) in [7, 11) is 0. The van der Waals surface area contributed by atoms with Crippen LogP contribution < -0.4 is 20.3 Å². The molecule has 160 valence electrons. The number of rotatable bonds is 7. The fraction of sp³-hybridized carbons (Fsp3) is 0.417. The van der Waals surface area contributed by atoms with E-state index in [1.54, 1.807) is 12.1 Å². The van der Waals surface area contributed by atoms with E-state index < -0.39 is 0 Å². The van der Waals surface area contributed by atoms with Gasteiger partial charge in [0.1, 0.15) is 5.75 Å². The Morgan fingerprint density at radius 3 is 2.60 bits per heavy atom. The second kappa shape index (κ2) is 11.0. The molecule has 1 fully saturated rings. The normalized spacial score (nSPS) is 14.3. The molecule has 2 aromatic carbocycles. The predicted octanol–water partition coefficient (Wildman–Crippen LogP) is 5.23. The zero-order valence-corrected chi connectivity index (χ0v) is 18.6. The molecule has 30 heavy (non-hydrogen) atoms. The summed E-state index contributed by atoms with van der Waals surface area (Å²) in [6.07, 6.45) is 4.53. The molecule has 0 aromatic heterocycles. The van der Waals surface area contributed by atoms with Crippen LogP contribution in [0.15, 0.2) is 48.5 Å². The molecule has 0 radical (unpaired) electrons. The molecule has 1 aliphatic heterocycles. The lowest BCUT2D eigenvalue weighted by Gasteiger charge is -2.32. The predicted molar refractivity (Wildman–Crippen MR) is 128 cm³/mol. The van der Waals surface area contributed by atoms with Crippen LogP contribution in [0.2, 0.25) is 0 Å². The summed E-state index contributed by atoms with van der Waals surface area (Å²) in [6.45, 7) is 7.28. The van der Waals surface area contributed by atoms with Gasteiger partial charge in [0.05, 0.1) is 6.61 Å². The Morgan fingerprint density at radius 2 is 1.90 bits per heavy atom. The van der Waals surface area contributed by atoms with Crippen molar-refractivity contribution in [3.63, 3.8) is 0 Å². The molecule has 2 aromatic rings. The van der Waals surface area contributed by atoms with Crippen molar-refractivity contribution in [2.24, 2.45) is 5.92 Å². The Labute approximate surface area is 184 Å². The van der Waals surface area contributed by atoms with Crippen LogP contribution in [-0.4, -0.2) is 30.7 Å². The van der Waals surface area contributed by atoms with Crippen molar-refractivity contribution in [3.05, 3.63) is 54.1 Å². The van der Waals surface area contributed by atoms with Crippen LogP contribution in [0.4, 0.5) is 11.4 Å². The number of carbonyl (C=O) groups is 1. The number of piperidine rings is 1. The van der Waals surface area contributed by atoms with E-state index in [-0.39, 0.29) is 11.0 Å². The number of amides is 1. The summed E-state index contributed by atoms with van der Waals surface area (Å²) in [5, 5.41) is 6.10. The number of hydrogen-bond donors (Lipinski definition) is 2. The van der Waals surface area contributed by atoms with Crippen LogP contribution in [0.25, 0.3) is 0 Å². The monoisotopic (exact) mass is 425 g/mol. The van der Waals surface area contributed by atoms with Gasteiger partial charge in [-0.05, 0) is 79.9 Å². The number of carbonyl (C=O) groups excluding carboxylic acids is 1. The molecule has 6 heteroatoms. The second-order valence-corrected chi connectivity index (χ2v) is 8.26. The van der Waals surface area contributed by atoms with E-state index in [0.29, 0.717) is 17.9 Å². The number of thiocarbonyl (C=S) groups is 1. The minimum absolute atomic E-state index is 0.257. The topological polar surface area (TPSA) is 53.6 Å². The maximum Gasteiger partial charge on any atom is 0.257 e. The maximum absolute atomic E-state index is 12.5. The molecule has 0 spiro atoms. The van der Waals surface area contributed by atoms with Gasteiger partial charge in [0.15, 0.2) is 5.11 Å². The highest BCUT2D eigenvalue weighted by Crippen LogP contribution is 2.24. The minimum atomic E-state index is -0.257. The molecule has 5 nitrogen and oxygen atoms in total. The first-order chi connectivity index (χ1) is 14.5. The fourth-order valence-corrected chi connectivity index (χ4v) is 3.63. The van der Waals surface area contributed by atoms with Crippen molar-refractivity contribution in [2.45, 2.75) is 39.5 Å². The van der Waals surface area contributed by atoms with Gasteiger partial charge in [-0.1, -0.05) is 26.3 Å². The number of nitrogens with zero attached hydrogens (tertiary/aromatic N) is 1. The van der Waals surface area contributed by atoms with Crippen molar-refractivity contribution in [1.82, 2.24) is 5.32 Å². The average molecular weight is 426 g/mol. The van der Waals surface area contributed by atoms with E-state index in [0.717, 1.165) is 37.5 Å². The summed E-state index contributed by atoms with van der Waals surface area (Å²) < 4.78 is 5.67. The van der Waals surface area contributed by atoms with Crippen LogP contribution >= 0.6 is 12.2 Å². The largest absolute Gasteiger partial charge is 0.494 e. The summed E-state index contributed by atoms with van der Waals surface area (Å²) in [5.41, 5.74) is 2.59. The molecule has 1 saturated heterocycles. The number of nitrogens with one attached hydrogen (secondary N) is 2. The molecule has 1 heterocycles. The van der Waals surface area contributed by atoms with Gasteiger partial charge in [-0.2, -0.15) is 0 Å². The molecule has 0 aliphatic carbocycles. The molecular formula is C24H31N3O2S. The third kappa shape index (κ3) is 6.46. The number of ether oxygens (including phenoxy) is 1. The zero-order chi connectivity index (χ0) is 21.3. The maximum atomic E-state index is 12.5. The van der Waals surface area contributed by atoms with E-state index in [9.17, 15) is 4.79 Å². The highest BCUT2D eigenvalue weighted by Gasteiger charge is 2.16. The fourth-order valence-electron chi connectivity index (χ4n) is 3.42. The molecule has 0 atom stereocenters. The molecule has 0 saturated carbocycles. The Balaban J connectivity index is 1.51. The quantitative estimate of drug-likeness (QED) is 0.470. The standard InChI is InChI=1S/C24H31N3O2S/c1-3-4-16-29-22-7-5-6-19(17-22)23(28)26-24(30)25-20-8-10-21(11-9-20)27-14-12-18(2)13-15-27/h5-11,17-18H,3-4,12-16H2,1-2H3,(H2,25,26,28,30). The van der Waals surface area contributed by atoms with Gasteiger partial charge < -0.3 is 15.0 Å². The van der Waals surface area contributed by atoms with Gasteiger partial charge >= 0.3 is 0 Å². The van der Waals surface area contributed by atoms with Crippen LogP contribution in [0, 0.1) is 5.92 Å². The molecule has 2 N–H and O–H groups in total. The average Bonchev–Trinajstić information content (AvgIpc) is 2.75. The first-order valence-corrected chi connectivity index (χ1v) is 11.2. The van der Waals surface area contributed by atoms with Crippen LogP contribution in [0.5, 0.6) is 5.75 Å². The van der Waals surface area contributed by atoms with Gasteiger partial charge in [-0.3, -0.25) is 10.1 Å². The molecule has 0 unspecified atom stereocenters. The zero-order valence-electron chi connectivity index (χ0n) is 17.8. The lowest BCUT2D eigenvalue weighted by molar-refractivity contribution is 0.0977. The van der Waals surface area contributed by atoms with E-state index in [1.165, 1.54) is 18.5 Å². The molecule has 3 rings (SSSR count). The third-order valence-electron chi connectivity index (χ3n) is 5.36. The molecular weight excluding hydrogens is 394 g/mol. The van der Waals surface area contributed by atoms with Crippen LogP contribution in [0.3, 0.4) is 0 Å². The van der Waals surface area contributed by atoms with Crippen molar-refractivity contribution in [1.29, 1.82) is 0 Å². The van der Waals surface area contributed by atoms with Crippen LogP contribution in [-0.2, 0) is 0 Å². The molecule has 1 aliphatic rings. The first kappa shape index (κ1) is 22.1. The van der Waals surface area contributed by atoms with Gasteiger partial charge in [0, 0.05) is 30.0 Å². The first-order valence-electron chi connectivity index (χ1n) is 10.8. The molecule has 0 bridgehead atoms. The number of benzene rings is 2. The summed E-state index contributed by atoms with van der Waals surface area (Å²) in [6, 6.07) is 15.3. The minimum Gasteiger partial charge on any atom is -0.494 e. The molecule has 1 amide bonds. The van der Waals surface area contributed by atoms with Crippen molar-refractivity contribution >= 4 is 34.6 Å². The lowest BCUT2D eigenvalue weighted by atomic mass is 9.99. The number of unbranched alkanes of at least 4 members (excludes halogenated alkanes) is 1. The van der Waals surface area contributed by atoms with Crippen molar-refractivity contribution < 1.29 is 9.53 Å². The Morgan fingerprint density at radius 1 is 1.17 bits per heavy atom. The summed E-state index contributed by atoms with van der Waals surface area (Å²) in [5.74, 6) is 1.25. The Kier molecular flexibility index (Phi) is 8.08. The van der Waals surface area contributed by atoms with Crippen molar-refractivity contribution in [3.8, 4) is 5.75 Å². The van der Waals surface area contributed by atoms with Gasteiger partial charge in [0.2, 0.25) is 0 Å². The Hall–Kier alpha value is -2.60. The van der Waals surface area contributed by atoms with Gasteiger partial charge in [-0.15, -0.1) is 0 Å². The Bertz CT molecular complexity index is 846. The number of hydrogen-bond acceptors (Lipinski definition) is 4. The summed E-state index contributed by atoms with van der Waals surface area (Å²) >= 11 is 5.32.